The van der Waals surface area contributed by atoms with Gasteiger partial charge in [-0.15, -0.1) is 0 Å². The maximum absolute atomic E-state index is 14.3. The lowest BCUT2D eigenvalue weighted by Crippen LogP contribution is -2.60. The molecule has 0 aliphatic carbocycles. The van der Waals surface area contributed by atoms with E-state index < -0.39 is 11.9 Å². The number of amides is 3. The highest BCUT2D eigenvalue weighted by molar-refractivity contribution is 5.82. The first-order valence-corrected chi connectivity index (χ1v) is 11.8. The van der Waals surface area contributed by atoms with Gasteiger partial charge in [0.1, 0.15) is 11.6 Å². The number of nitrogens with two attached hydrogens (primary N) is 1. The Balaban J connectivity index is 1.72. The Labute approximate surface area is 204 Å². The van der Waals surface area contributed by atoms with E-state index in [1.807, 2.05) is 4.90 Å². The van der Waals surface area contributed by atoms with E-state index in [2.05, 4.69) is 5.32 Å². The number of likely N-dealkylation sites (N-methyl/N-ethyl adjacent to an activating group) is 1. The Bertz CT molecular complexity index is 1030. The third-order valence-corrected chi connectivity index (χ3v) is 6.46. The first kappa shape index (κ1) is 26.3. The van der Waals surface area contributed by atoms with Crippen molar-refractivity contribution in [3.8, 4) is 0 Å². The number of primary amides is 1. The molecule has 188 valence electrons. The molecule has 2 aromatic rings. The Morgan fingerprint density at radius 3 is 2.43 bits per heavy atom. The van der Waals surface area contributed by atoms with Gasteiger partial charge in [0, 0.05) is 45.6 Å². The van der Waals surface area contributed by atoms with Crippen LogP contribution in [0.15, 0.2) is 48.5 Å². The van der Waals surface area contributed by atoms with Crippen LogP contribution in [0.4, 0.5) is 8.78 Å². The third kappa shape index (κ3) is 7.32. The van der Waals surface area contributed by atoms with Crippen molar-refractivity contribution < 1.29 is 23.2 Å². The fraction of sp³-hybridized carbons (Fsp3) is 0.423. The van der Waals surface area contributed by atoms with Crippen molar-refractivity contribution in [2.45, 2.75) is 44.2 Å². The zero-order valence-corrected chi connectivity index (χ0v) is 19.9. The topological polar surface area (TPSA) is 95.7 Å². The van der Waals surface area contributed by atoms with Crippen LogP contribution in [0.3, 0.4) is 0 Å². The Morgan fingerprint density at radius 2 is 1.77 bits per heavy atom. The van der Waals surface area contributed by atoms with Gasteiger partial charge in [-0.25, -0.2) is 8.78 Å². The van der Waals surface area contributed by atoms with Crippen molar-refractivity contribution >= 4 is 17.7 Å². The lowest BCUT2D eigenvalue weighted by Gasteiger charge is -2.44. The molecule has 7 nitrogen and oxygen atoms in total. The van der Waals surface area contributed by atoms with Gasteiger partial charge in [-0.3, -0.25) is 19.3 Å². The minimum atomic E-state index is -0.621. The molecule has 0 spiro atoms. The van der Waals surface area contributed by atoms with E-state index in [-0.39, 0.29) is 48.8 Å². The summed E-state index contributed by atoms with van der Waals surface area (Å²) in [5, 5.41) is 2.66. The molecule has 2 atom stereocenters. The number of hydrogen-bond acceptors (Lipinski definition) is 4. The van der Waals surface area contributed by atoms with Crippen LogP contribution in [0.5, 0.6) is 0 Å². The molecule has 0 saturated carbocycles. The first-order chi connectivity index (χ1) is 16.8. The van der Waals surface area contributed by atoms with Crippen LogP contribution in [0.25, 0.3) is 0 Å². The van der Waals surface area contributed by atoms with Gasteiger partial charge in [-0.2, -0.15) is 0 Å². The van der Waals surface area contributed by atoms with Crippen LogP contribution < -0.4 is 11.1 Å². The molecule has 1 fully saturated rings. The van der Waals surface area contributed by atoms with E-state index in [4.69, 9.17) is 5.73 Å². The van der Waals surface area contributed by atoms with Crippen molar-refractivity contribution in [2.75, 3.05) is 26.7 Å². The number of aryl methyl sites for hydroxylation is 1. The number of carbonyl (C=O) groups is 3. The van der Waals surface area contributed by atoms with Gasteiger partial charge in [0.2, 0.25) is 17.7 Å². The standard InChI is InChI=1S/C26H32F2N4O3/c1-30-26(35)23(16-19-4-2-3-5-22(19)28)31-14-15-32(21(17-31)11-12-24(29)33)25(34)13-8-18-6-9-20(27)10-7-18/h2-7,9-10,21,23H,8,11-17H2,1H3,(H2,29,33)(H,30,35). The van der Waals surface area contributed by atoms with E-state index in [1.54, 1.807) is 35.2 Å². The summed E-state index contributed by atoms with van der Waals surface area (Å²) < 4.78 is 27.5. The van der Waals surface area contributed by atoms with E-state index in [9.17, 15) is 23.2 Å². The maximum Gasteiger partial charge on any atom is 0.237 e. The van der Waals surface area contributed by atoms with Gasteiger partial charge in [0.05, 0.1) is 6.04 Å². The normalized spacial score (nSPS) is 17.1. The Morgan fingerprint density at radius 1 is 1.06 bits per heavy atom. The molecule has 1 heterocycles. The largest absolute Gasteiger partial charge is 0.370 e. The van der Waals surface area contributed by atoms with Crippen molar-refractivity contribution in [1.82, 2.24) is 15.1 Å². The number of nitrogens with zero attached hydrogens (tertiary/aromatic N) is 2. The number of halogens is 2. The van der Waals surface area contributed by atoms with Gasteiger partial charge < -0.3 is 16.0 Å². The minimum Gasteiger partial charge on any atom is -0.370 e. The van der Waals surface area contributed by atoms with Gasteiger partial charge >= 0.3 is 0 Å². The quantitative estimate of drug-likeness (QED) is 0.537. The second-order valence-electron chi connectivity index (χ2n) is 8.79. The van der Waals surface area contributed by atoms with Gasteiger partial charge in [0.25, 0.3) is 0 Å². The third-order valence-electron chi connectivity index (χ3n) is 6.46. The predicted octanol–water partition coefficient (Wildman–Crippen LogP) is 2.03. The van der Waals surface area contributed by atoms with Gasteiger partial charge in [0.15, 0.2) is 0 Å². The van der Waals surface area contributed by atoms with E-state index in [1.165, 1.54) is 25.2 Å². The van der Waals surface area contributed by atoms with E-state index >= 15 is 0 Å². The molecule has 2 aromatic carbocycles. The molecule has 9 heteroatoms. The number of nitrogens with one attached hydrogen (secondary N) is 1. The average Bonchev–Trinajstić information content (AvgIpc) is 2.86. The molecule has 3 N–H and O–H groups in total. The summed E-state index contributed by atoms with van der Waals surface area (Å²) in [6.45, 7) is 1.17. The summed E-state index contributed by atoms with van der Waals surface area (Å²) >= 11 is 0. The van der Waals surface area contributed by atoms with Crippen molar-refractivity contribution in [3.63, 3.8) is 0 Å². The van der Waals surface area contributed by atoms with Crippen molar-refractivity contribution in [2.24, 2.45) is 5.73 Å². The molecular weight excluding hydrogens is 454 g/mol. The summed E-state index contributed by atoms with van der Waals surface area (Å²) in [6, 6.07) is 11.5. The van der Waals surface area contributed by atoms with Crippen LogP contribution in [-0.2, 0) is 27.2 Å². The summed E-state index contributed by atoms with van der Waals surface area (Å²) in [4.78, 5) is 41.0. The van der Waals surface area contributed by atoms with Crippen LogP contribution >= 0.6 is 0 Å². The van der Waals surface area contributed by atoms with E-state index in [0.29, 0.717) is 38.0 Å². The Hall–Kier alpha value is -3.33. The molecular formula is C26H32F2N4O3. The minimum absolute atomic E-state index is 0.0750. The summed E-state index contributed by atoms with van der Waals surface area (Å²) in [6.07, 6.45) is 1.38. The fourth-order valence-electron chi connectivity index (χ4n) is 4.52. The lowest BCUT2D eigenvalue weighted by atomic mass is 9.98. The predicted molar refractivity (Wildman–Crippen MR) is 128 cm³/mol. The van der Waals surface area contributed by atoms with E-state index in [0.717, 1.165) is 5.56 Å². The lowest BCUT2D eigenvalue weighted by molar-refractivity contribution is -0.138. The number of carbonyl (C=O) groups excluding carboxylic acids is 3. The van der Waals surface area contributed by atoms with Crippen molar-refractivity contribution in [1.29, 1.82) is 0 Å². The molecule has 1 aliphatic heterocycles. The maximum atomic E-state index is 14.3. The number of hydrogen-bond donors (Lipinski definition) is 2. The van der Waals surface area contributed by atoms with Gasteiger partial charge in [-0.05, 0) is 48.6 Å². The zero-order chi connectivity index (χ0) is 25.4. The molecule has 35 heavy (non-hydrogen) atoms. The van der Waals surface area contributed by atoms with Gasteiger partial charge in [-0.1, -0.05) is 30.3 Å². The molecule has 3 rings (SSSR count). The SMILES string of the molecule is CNC(=O)C(Cc1ccccc1F)N1CCN(C(=O)CCc2ccc(F)cc2)C(CCC(N)=O)C1. The molecule has 1 saturated heterocycles. The first-order valence-electron chi connectivity index (χ1n) is 11.8. The molecule has 0 aromatic heterocycles. The molecule has 3 amide bonds. The summed E-state index contributed by atoms with van der Waals surface area (Å²) in [5.74, 6) is -1.48. The monoisotopic (exact) mass is 486 g/mol. The fourth-order valence-corrected chi connectivity index (χ4v) is 4.52. The van der Waals surface area contributed by atoms with Crippen LogP contribution in [-0.4, -0.2) is 66.3 Å². The molecule has 1 aliphatic rings. The number of benzene rings is 2. The number of rotatable bonds is 10. The highest BCUT2D eigenvalue weighted by Gasteiger charge is 2.35. The van der Waals surface area contributed by atoms with Crippen LogP contribution in [0.2, 0.25) is 0 Å². The number of piperazine rings is 1. The summed E-state index contributed by atoms with van der Waals surface area (Å²) in [5.41, 5.74) is 6.66. The highest BCUT2D eigenvalue weighted by Crippen LogP contribution is 2.21. The van der Waals surface area contributed by atoms with Crippen LogP contribution in [0.1, 0.15) is 30.4 Å². The zero-order valence-electron chi connectivity index (χ0n) is 19.9. The highest BCUT2D eigenvalue weighted by atomic mass is 19.1. The smallest absolute Gasteiger partial charge is 0.237 e. The summed E-state index contributed by atoms with van der Waals surface area (Å²) in [7, 11) is 1.54. The Kier molecular flexibility index (Phi) is 9.31. The van der Waals surface area contributed by atoms with Crippen LogP contribution in [0, 0.1) is 11.6 Å². The second-order valence-corrected chi connectivity index (χ2v) is 8.79. The van der Waals surface area contributed by atoms with Crippen molar-refractivity contribution in [3.05, 3.63) is 71.3 Å². The molecule has 0 radical (unpaired) electrons. The second kappa shape index (κ2) is 12.4. The average molecular weight is 487 g/mol. The molecule has 0 bridgehead atoms. The molecule has 2 unspecified atom stereocenters.